The van der Waals surface area contributed by atoms with Gasteiger partial charge in [0.05, 0.1) is 0 Å². The molecule has 4 nitrogen and oxygen atoms in total. The first-order valence-corrected chi connectivity index (χ1v) is 6.67. The second kappa shape index (κ2) is 4.71. The number of ether oxygens (including phenoxy) is 1. The van der Waals surface area contributed by atoms with Crippen molar-refractivity contribution in [1.82, 2.24) is 0 Å². The molecule has 4 heteroatoms. The minimum atomic E-state index is -0.606. The van der Waals surface area contributed by atoms with Crippen molar-refractivity contribution in [3.63, 3.8) is 0 Å². The largest absolute Gasteiger partial charge is 0.508 e. The first-order valence-electron chi connectivity index (χ1n) is 6.67. The standard InChI is InChI=1S/C16H16O4/c1-9-3-2-4-10-8-14(20-16(10)19)15-11(7-9)12(17)5-6-13(15)18/h3,5-6,8,14,17-18H,2,4,7H2,1H3/b9-3-/t14-/m0/s1. The molecule has 0 radical (unpaired) electrons. The quantitative estimate of drug-likeness (QED) is 0.433. The Morgan fingerprint density at radius 1 is 1.25 bits per heavy atom. The van der Waals surface area contributed by atoms with Crippen LogP contribution < -0.4 is 0 Å². The normalized spacial score (nSPS) is 24.2. The van der Waals surface area contributed by atoms with E-state index in [0.29, 0.717) is 29.5 Å². The molecular weight excluding hydrogens is 256 g/mol. The van der Waals surface area contributed by atoms with E-state index in [9.17, 15) is 15.0 Å². The highest BCUT2D eigenvalue weighted by Gasteiger charge is 2.31. The van der Waals surface area contributed by atoms with E-state index in [4.69, 9.17) is 4.74 Å². The molecule has 104 valence electrons. The molecule has 0 saturated heterocycles. The number of rotatable bonds is 0. The Kier molecular flexibility index (Phi) is 3.01. The fourth-order valence-electron chi connectivity index (χ4n) is 2.77. The number of carbonyl (C=O) groups is 1. The Balaban J connectivity index is 2.19. The minimum Gasteiger partial charge on any atom is -0.508 e. The van der Waals surface area contributed by atoms with Crippen LogP contribution in [0, 0.1) is 0 Å². The van der Waals surface area contributed by atoms with Gasteiger partial charge in [0.15, 0.2) is 6.10 Å². The third kappa shape index (κ3) is 2.07. The number of esters is 1. The third-order valence-corrected chi connectivity index (χ3v) is 3.80. The van der Waals surface area contributed by atoms with E-state index in [0.717, 1.165) is 12.0 Å². The Hall–Kier alpha value is -2.23. The fraction of sp³-hybridized carbons (Fsp3) is 0.312. The van der Waals surface area contributed by atoms with Gasteiger partial charge in [0.25, 0.3) is 0 Å². The van der Waals surface area contributed by atoms with E-state index in [2.05, 4.69) is 6.08 Å². The Morgan fingerprint density at radius 3 is 2.80 bits per heavy atom. The summed E-state index contributed by atoms with van der Waals surface area (Å²) in [5.41, 5.74) is 2.84. The summed E-state index contributed by atoms with van der Waals surface area (Å²) >= 11 is 0. The van der Waals surface area contributed by atoms with Crippen LogP contribution in [0.3, 0.4) is 0 Å². The molecule has 1 heterocycles. The molecule has 2 bridgehead atoms. The van der Waals surface area contributed by atoms with Crippen LogP contribution in [0.4, 0.5) is 0 Å². The van der Waals surface area contributed by atoms with Crippen LogP contribution in [-0.4, -0.2) is 16.2 Å². The van der Waals surface area contributed by atoms with Crippen molar-refractivity contribution in [2.75, 3.05) is 0 Å². The molecule has 1 aromatic carbocycles. The first kappa shape index (κ1) is 12.8. The van der Waals surface area contributed by atoms with E-state index in [1.807, 2.05) is 6.92 Å². The number of fused-ring (bicyclic) bond motifs is 3. The molecule has 2 N–H and O–H groups in total. The molecule has 1 atom stereocenters. The van der Waals surface area contributed by atoms with Crippen molar-refractivity contribution in [3.8, 4) is 11.5 Å². The first-order chi connectivity index (χ1) is 9.56. The highest BCUT2D eigenvalue weighted by Crippen LogP contribution is 2.41. The zero-order valence-corrected chi connectivity index (χ0v) is 11.2. The molecule has 0 aromatic heterocycles. The van der Waals surface area contributed by atoms with Crippen molar-refractivity contribution in [3.05, 3.63) is 46.6 Å². The van der Waals surface area contributed by atoms with Crippen LogP contribution in [0.15, 0.2) is 35.4 Å². The Morgan fingerprint density at radius 2 is 2.00 bits per heavy atom. The van der Waals surface area contributed by atoms with Gasteiger partial charge in [-0.1, -0.05) is 11.6 Å². The van der Waals surface area contributed by atoms with Gasteiger partial charge in [0, 0.05) is 16.7 Å². The molecule has 3 rings (SSSR count). The summed E-state index contributed by atoms with van der Waals surface area (Å²) < 4.78 is 5.33. The zero-order valence-electron chi connectivity index (χ0n) is 11.2. The topological polar surface area (TPSA) is 66.8 Å². The lowest BCUT2D eigenvalue weighted by molar-refractivity contribution is -0.140. The summed E-state index contributed by atoms with van der Waals surface area (Å²) in [6.07, 6.45) is 5.14. The van der Waals surface area contributed by atoms with Gasteiger partial charge in [0.2, 0.25) is 0 Å². The number of aromatic hydroxyl groups is 2. The molecule has 1 aromatic rings. The monoisotopic (exact) mass is 272 g/mol. The lowest BCUT2D eigenvalue weighted by atomic mass is 9.92. The molecule has 0 fully saturated rings. The van der Waals surface area contributed by atoms with Crippen molar-refractivity contribution >= 4 is 5.97 Å². The van der Waals surface area contributed by atoms with Crippen molar-refractivity contribution in [2.45, 2.75) is 32.3 Å². The summed E-state index contributed by atoms with van der Waals surface area (Å²) in [6.45, 7) is 1.98. The molecule has 0 amide bonds. The van der Waals surface area contributed by atoms with E-state index in [-0.39, 0.29) is 17.5 Å². The Bertz CT molecular complexity index is 640. The van der Waals surface area contributed by atoms with Crippen LogP contribution in [0.5, 0.6) is 11.5 Å². The maximum atomic E-state index is 11.8. The van der Waals surface area contributed by atoms with Gasteiger partial charge < -0.3 is 14.9 Å². The van der Waals surface area contributed by atoms with Crippen LogP contribution in [0.25, 0.3) is 0 Å². The number of carbonyl (C=O) groups excluding carboxylic acids is 1. The molecule has 0 unspecified atom stereocenters. The zero-order chi connectivity index (χ0) is 14.3. The van der Waals surface area contributed by atoms with Gasteiger partial charge >= 0.3 is 5.97 Å². The number of hydrogen-bond acceptors (Lipinski definition) is 4. The SMILES string of the molecule is C/C1=C/CCC2=C[C@H](OC2=O)c2c(O)ccc(O)c2C1. The number of benzene rings is 1. The van der Waals surface area contributed by atoms with Crippen LogP contribution in [-0.2, 0) is 16.0 Å². The van der Waals surface area contributed by atoms with Crippen molar-refractivity contribution in [2.24, 2.45) is 0 Å². The van der Waals surface area contributed by atoms with Crippen LogP contribution in [0.1, 0.15) is 37.0 Å². The summed E-state index contributed by atoms with van der Waals surface area (Å²) in [5.74, 6) is -0.179. The van der Waals surface area contributed by atoms with Crippen LogP contribution >= 0.6 is 0 Å². The lowest BCUT2D eigenvalue weighted by Crippen LogP contribution is -2.05. The van der Waals surface area contributed by atoms with Gasteiger partial charge in [-0.2, -0.15) is 0 Å². The average Bonchev–Trinajstić information content (AvgIpc) is 2.74. The predicted molar refractivity (Wildman–Crippen MR) is 73.4 cm³/mol. The Labute approximate surface area is 117 Å². The third-order valence-electron chi connectivity index (χ3n) is 3.80. The van der Waals surface area contributed by atoms with E-state index >= 15 is 0 Å². The van der Waals surface area contributed by atoms with Crippen molar-refractivity contribution < 1.29 is 19.7 Å². The molecule has 20 heavy (non-hydrogen) atoms. The fourth-order valence-corrected chi connectivity index (χ4v) is 2.77. The highest BCUT2D eigenvalue weighted by molar-refractivity contribution is 5.91. The summed E-state index contributed by atoms with van der Waals surface area (Å²) in [6, 6.07) is 2.90. The molecule has 2 aliphatic rings. The molecule has 1 aliphatic heterocycles. The maximum absolute atomic E-state index is 11.8. The molecular formula is C16H16O4. The number of phenols is 2. The predicted octanol–water partition coefficient (Wildman–Crippen LogP) is 2.90. The van der Waals surface area contributed by atoms with Gasteiger partial charge in [-0.25, -0.2) is 4.79 Å². The number of allylic oxidation sites excluding steroid dienone is 2. The van der Waals surface area contributed by atoms with E-state index in [1.165, 1.54) is 12.1 Å². The second-order valence-electron chi connectivity index (χ2n) is 5.28. The molecule has 0 spiro atoms. The summed E-state index contributed by atoms with van der Waals surface area (Å²) in [7, 11) is 0. The van der Waals surface area contributed by atoms with Gasteiger partial charge in [-0.15, -0.1) is 0 Å². The van der Waals surface area contributed by atoms with E-state index < -0.39 is 6.10 Å². The number of phenolic OH excluding ortho intramolecular Hbond substituents is 2. The van der Waals surface area contributed by atoms with Gasteiger partial charge in [-0.05, 0) is 44.4 Å². The maximum Gasteiger partial charge on any atom is 0.334 e. The summed E-state index contributed by atoms with van der Waals surface area (Å²) in [5, 5.41) is 20.2. The minimum absolute atomic E-state index is 0.0430. The molecule has 1 aliphatic carbocycles. The number of hydrogen-bond donors (Lipinski definition) is 2. The second-order valence-corrected chi connectivity index (χ2v) is 5.28. The highest BCUT2D eigenvalue weighted by atomic mass is 16.5. The van der Waals surface area contributed by atoms with Gasteiger partial charge in [0.1, 0.15) is 11.5 Å². The van der Waals surface area contributed by atoms with E-state index in [1.54, 1.807) is 6.08 Å². The summed E-state index contributed by atoms with van der Waals surface area (Å²) in [4.78, 5) is 11.8. The van der Waals surface area contributed by atoms with Gasteiger partial charge in [-0.3, -0.25) is 0 Å². The van der Waals surface area contributed by atoms with Crippen LogP contribution in [0.2, 0.25) is 0 Å². The van der Waals surface area contributed by atoms with Crippen molar-refractivity contribution in [1.29, 1.82) is 0 Å². The molecule has 0 saturated carbocycles. The smallest absolute Gasteiger partial charge is 0.334 e. The lowest BCUT2D eigenvalue weighted by Gasteiger charge is -2.17. The average molecular weight is 272 g/mol.